The number of anilines is 1. The highest BCUT2D eigenvalue weighted by Gasteiger charge is 2.35. The maximum Gasteiger partial charge on any atom is 0.404 e. The number of rotatable bonds is 8. The molecule has 214 valence electrons. The Balaban J connectivity index is 1.37. The highest BCUT2D eigenvalue weighted by atomic mass is 32.2. The number of aromatic nitrogens is 2. The fourth-order valence-electron chi connectivity index (χ4n) is 4.73. The van der Waals surface area contributed by atoms with Crippen LogP contribution in [0.2, 0.25) is 0 Å². The molecule has 1 unspecified atom stereocenters. The van der Waals surface area contributed by atoms with Crippen LogP contribution >= 0.6 is 0 Å². The van der Waals surface area contributed by atoms with Gasteiger partial charge in [0, 0.05) is 24.2 Å². The molecule has 0 radical (unpaired) electrons. The Morgan fingerprint density at radius 1 is 0.976 bits per heavy atom. The molecular weight excluding hydrogens is 562 g/mol. The first-order chi connectivity index (χ1) is 19.5. The Bertz CT molecular complexity index is 1660. The van der Waals surface area contributed by atoms with Crippen LogP contribution in [-0.4, -0.2) is 43.5 Å². The molecule has 1 aliphatic rings. The molecule has 0 saturated heterocycles. The van der Waals surface area contributed by atoms with Gasteiger partial charge in [0.15, 0.2) is 5.75 Å². The highest BCUT2D eigenvalue weighted by molar-refractivity contribution is 7.92. The number of hydrogen-bond acceptors (Lipinski definition) is 6. The number of sulfonamides is 1. The van der Waals surface area contributed by atoms with Crippen LogP contribution in [0.25, 0.3) is 22.4 Å². The molecule has 0 spiro atoms. The number of nitrogens with zero attached hydrogens (tertiary/aromatic N) is 2. The number of alkyl halides is 3. The van der Waals surface area contributed by atoms with Crippen molar-refractivity contribution in [2.45, 2.75) is 31.5 Å². The lowest BCUT2D eigenvalue weighted by Crippen LogP contribution is -2.28. The number of ether oxygens (including phenoxy) is 2. The minimum Gasteiger partial charge on any atom is -0.480 e. The number of nitrogens with one attached hydrogen (secondary N) is 1. The smallest absolute Gasteiger partial charge is 0.404 e. The quantitative estimate of drug-likeness (QED) is 0.247. The van der Waals surface area contributed by atoms with Gasteiger partial charge in [-0.1, -0.05) is 48.5 Å². The number of halogens is 4. The third-order valence-electron chi connectivity index (χ3n) is 6.54. The lowest BCUT2D eigenvalue weighted by Gasteiger charge is -2.26. The average molecular weight is 588 g/mol. The molecule has 2 aromatic heterocycles. The SMILES string of the molecule is COc1ncc(-c2nc(OC3CCc4ccc(-c5ccccc5)cc4C3)ccc2F)cc1NS(=O)(=O)CC(F)(F)F. The van der Waals surface area contributed by atoms with Crippen molar-refractivity contribution in [1.82, 2.24) is 9.97 Å². The van der Waals surface area contributed by atoms with Crippen molar-refractivity contribution in [3.8, 4) is 34.1 Å². The van der Waals surface area contributed by atoms with E-state index >= 15 is 0 Å². The summed E-state index contributed by atoms with van der Waals surface area (Å²) in [5.74, 6) is -3.01. The molecule has 0 amide bonds. The van der Waals surface area contributed by atoms with Gasteiger partial charge in [-0.25, -0.2) is 22.8 Å². The van der Waals surface area contributed by atoms with Crippen molar-refractivity contribution in [3.05, 3.63) is 89.9 Å². The van der Waals surface area contributed by atoms with Crippen LogP contribution in [0.4, 0.5) is 23.2 Å². The second-order valence-electron chi connectivity index (χ2n) is 9.57. The second kappa shape index (κ2) is 11.4. The van der Waals surface area contributed by atoms with Gasteiger partial charge in [-0.05, 0) is 47.2 Å². The monoisotopic (exact) mass is 587 g/mol. The highest BCUT2D eigenvalue weighted by Crippen LogP contribution is 2.33. The number of hydrogen-bond donors (Lipinski definition) is 1. The van der Waals surface area contributed by atoms with Crippen molar-refractivity contribution >= 4 is 15.7 Å². The Morgan fingerprint density at radius 3 is 2.49 bits per heavy atom. The van der Waals surface area contributed by atoms with Crippen LogP contribution in [0, 0.1) is 5.82 Å². The topological polar surface area (TPSA) is 90.4 Å². The first-order valence-corrected chi connectivity index (χ1v) is 14.3. The summed E-state index contributed by atoms with van der Waals surface area (Å²) in [7, 11) is -3.67. The Morgan fingerprint density at radius 2 is 1.76 bits per heavy atom. The summed E-state index contributed by atoms with van der Waals surface area (Å²) >= 11 is 0. The van der Waals surface area contributed by atoms with Crippen molar-refractivity contribution in [2.75, 3.05) is 17.6 Å². The molecular formula is C29H25F4N3O4S. The molecule has 0 saturated carbocycles. The lowest BCUT2D eigenvalue weighted by molar-refractivity contribution is -0.106. The number of methoxy groups -OCH3 is 1. The first kappa shape index (κ1) is 28.3. The molecule has 0 bridgehead atoms. The standard InChI is InChI=1S/C29H25F4N3O4S/c1-39-28-25(36-41(37,38)17-29(31,32)33)15-22(16-34-28)27-24(30)11-12-26(35-27)40-23-10-9-19-7-8-20(13-21(19)14-23)18-5-3-2-4-6-18/h2-8,11-13,15-16,23,36H,9-10,14,17H2,1H3. The molecule has 2 heterocycles. The van der Waals surface area contributed by atoms with Gasteiger partial charge >= 0.3 is 6.18 Å². The fraction of sp³-hybridized carbons (Fsp3) is 0.241. The third kappa shape index (κ3) is 6.94. The predicted octanol–water partition coefficient (Wildman–Crippen LogP) is 6.20. The molecule has 0 fully saturated rings. The van der Waals surface area contributed by atoms with Crippen molar-refractivity contribution in [3.63, 3.8) is 0 Å². The molecule has 12 heteroatoms. The van der Waals surface area contributed by atoms with Gasteiger partial charge in [-0.15, -0.1) is 0 Å². The van der Waals surface area contributed by atoms with E-state index in [1.54, 1.807) is 0 Å². The van der Waals surface area contributed by atoms with E-state index in [1.165, 1.54) is 24.9 Å². The maximum absolute atomic E-state index is 14.8. The van der Waals surface area contributed by atoms with Crippen LogP contribution in [-0.2, 0) is 22.9 Å². The minimum absolute atomic E-state index is 0.0138. The van der Waals surface area contributed by atoms with Crippen molar-refractivity contribution in [2.24, 2.45) is 0 Å². The molecule has 4 aromatic rings. The van der Waals surface area contributed by atoms with Crippen LogP contribution in [0.15, 0.2) is 72.9 Å². The van der Waals surface area contributed by atoms with Crippen LogP contribution in [0.5, 0.6) is 11.8 Å². The number of aryl methyl sites for hydroxylation is 1. The van der Waals surface area contributed by atoms with Gasteiger partial charge in [0.25, 0.3) is 0 Å². The summed E-state index contributed by atoms with van der Waals surface area (Å²) in [6.45, 7) is 0. The molecule has 5 rings (SSSR count). The van der Waals surface area contributed by atoms with Crippen LogP contribution in [0.1, 0.15) is 17.5 Å². The van der Waals surface area contributed by atoms with E-state index in [2.05, 4.69) is 28.2 Å². The normalized spacial score (nSPS) is 15.2. The van der Waals surface area contributed by atoms with Gasteiger partial charge in [0.2, 0.25) is 21.8 Å². The molecule has 1 aliphatic carbocycles. The van der Waals surface area contributed by atoms with E-state index in [0.717, 1.165) is 41.7 Å². The second-order valence-corrected chi connectivity index (χ2v) is 11.3. The zero-order valence-electron chi connectivity index (χ0n) is 21.8. The zero-order valence-corrected chi connectivity index (χ0v) is 22.6. The van der Waals surface area contributed by atoms with Gasteiger partial charge in [0.1, 0.15) is 23.3 Å². The molecule has 1 atom stereocenters. The first-order valence-electron chi connectivity index (χ1n) is 12.6. The van der Waals surface area contributed by atoms with E-state index in [0.29, 0.717) is 6.42 Å². The fourth-order valence-corrected chi connectivity index (χ4v) is 5.72. The number of benzene rings is 2. The van der Waals surface area contributed by atoms with Crippen molar-refractivity contribution < 1.29 is 35.5 Å². The van der Waals surface area contributed by atoms with E-state index in [1.807, 2.05) is 35.1 Å². The van der Waals surface area contributed by atoms with Crippen molar-refractivity contribution in [1.29, 1.82) is 0 Å². The Hall–Kier alpha value is -4.19. The van der Waals surface area contributed by atoms with E-state index in [9.17, 15) is 26.0 Å². The summed E-state index contributed by atoms with van der Waals surface area (Å²) in [6.07, 6.45) is -1.87. The molecule has 2 aromatic carbocycles. The van der Waals surface area contributed by atoms with Crippen LogP contribution in [0.3, 0.4) is 0 Å². The Labute approximate surface area is 234 Å². The zero-order chi connectivity index (χ0) is 29.2. The molecule has 0 aliphatic heterocycles. The number of pyridine rings is 2. The number of fused-ring (bicyclic) bond motifs is 1. The summed E-state index contributed by atoms with van der Waals surface area (Å²) in [5, 5.41) is 0. The molecule has 41 heavy (non-hydrogen) atoms. The molecule has 1 N–H and O–H groups in total. The van der Waals surface area contributed by atoms with Crippen LogP contribution < -0.4 is 14.2 Å². The van der Waals surface area contributed by atoms with Gasteiger partial charge in [-0.3, -0.25) is 4.72 Å². The lowest BCUT2D eigenvalue weighted by atomic mass is 9.87. The van der Waals surface area contributed by atoms with E-state index in [-0.39, 0.29) is 34.8 Å². The summed E-state index contributed by atoms with van der Waals surface area (Å²) in [4.78, 5) is 8.20. The van der Waals surface area contributed by atoms with Gasteiger partial charge in [-0.2, -0.15) is 13.2 Å². The minimum atomic E-state index is -4.97. The summed E-state index contributed by atoms with van der Waals surface area (Å²) < 4.78 is 90.0. The maximum atomic E-state index is 14.8. The average Bonchev–Trinajstić information content (AvgIpc) is 2.92. The largest absolute Gasteiger partial charge is 0.480 e. The van der Waals surface area contributed by atoms with E-state index < -0.39 is 27.8 Å². The summed E-state index contributed by atoms with van der Waals surface area (Å²) in [6, 6.07) is 20.0. The van der Waals surface area contributed by atoms with E-state index in [4.69, 9.17) is 9.47 Å². The summed E-state index contributed by atoms with van der Waals surface area (Å²) in [5.41, 5.74) is 4.01. The Kier molecular flexibility index (Phi) is 7.85. The predicted molar refractivity (Wildman–Crippen MR) is 146 cm³/mol. The van der Waals surface area contributed by atoms with Gasteiger partial charge < -0.3 is 9.47 Å². The van der Waals surface area contributed by atoms with Gasteiger partial charge in [0.05, 0.1) is 7.11 Å². The third-order valence-corrected chi connectivity index (χ3v) is 7.78. The molecule has 7 nitrogen and oxygen atoms in total.